The molecule has 1 aromatic carbocycles. The second-order valence-corrected chi connectivity index (χ2v) is 10.1. The molecule has 0 spiro atoms. The average Bonchev–Trinajstić information content (AvgIpc) is 3.36. The third-order valence-electron chi connectivity index (χ3n) is 5.55. The third kappa shape index (κ3) is 3.30. The molecule has 8 heteroatoms. The largest absolute Gasteiger partial charge is 0.302 e. The summed E-state index contributed by atoms with van der Waals surface area (Å²) in [5.41, 5.74) is 0.696. The number of benzene rings is 1. The Morgan fingerprint density at radius 2 is 2.04 bits per heavy atom. The summed E-state index contributed by atoms with van der Waals surface area (Å²) in [5, 5.41) is 3.46. The quantitative estimate of drug-likeness (QED) is 0.746. The summed E-state index contributed by atoms with van der Waals surface area (Å²) in [6.07, 6.45) is 6.35. The Kier molecular flexibility index (Phi) is 4.82. The van der Waals surface area contributed by atoms with Crippen molar-refractivity contribution in [3.63, 3.8) is 0 Å². The van der Waals surface area contributed by atoms with Crippen LogP contribution in [0.5, 0.6) is 0 Å². The number of hydrogen-bond acceptors (Lipinski definition) is 5. The summed E-state index contributed by atoms with van der Waals surface area (Å²) in [6.45, 7) is 4.51. The number of carbonyl (C=O) groups excluding carboxylic acids is 1. The lowest BCUT2D eigenvalue weighted by atomic mass is 9.93. The maximum absolute atomic E-state index is 12.7. The average molecular weight is 406 g/mol. The number of rotatable bonds is 6. The van der Waals surface area contributed by atoms with Gasteiger partial charge in [0.2, 0.25) is 15.9 Å². The molecular formula is C19H23N3O3S2. The number of amides is 1. The Hall–Kier alpha value is -1.77. The fourth-order valence-corrected chi connectivity index (χ4v) is 6.58. The first-order valence-corrected chi connectivity index (χ1v) is 11.6. The van der Waals surface area contributed by atoms with Crippen molar-refractivity contribution in [3.8, 4) is 0 Å². The molecule has 2 aliphatic carbocycles. The van der Waals surface area contributed by atoms with E-state index in [4.69, 9.17) is 0 Å². The predicted molar refractivity (Wildman–Crippen MR) is 107 cm³/mol. The Morgan fingerprint density at radius 3 is 2.67 bits per heavy atom. The molecule has 0 aliphatic heterocycles. The first kappa shape index (κ1) is 18.6. The lowest BCUT2D eigenvalue weighted by Crippen LogP contribution is -2.30. The highest BCUT2D eigenvalue weighted by Crippen LogP contribution is 2.44. The molecule has 0 radical (unpaired) electrons. The van der Waals surface area contributed by atoms with Crippen LogP contribution in [-0.4, -0.2) is 36.7 Å². The van der Waals surface area contributed by atoms with Gasteiger partial charge in [-0.15, -0.1) is 0 Å². The van der Waals surface area contributed by atoms with Gasteiger partial charge in [-0.2, -0.15) is 4.31 Å². The SMILES string of the molecule is CCN(CC)S(=O)(=O)c1ccc2nc(NC(=O)C3CC4C=CC3C4)sc2c1. The van der Waals surface area contributed by atoms with Gasteiger partial charge < -0.3 is 5.32 Å². The summed E-state index contributed by atoms with van der Waals surface area (Å²) < 4.78 is 27.6. The maximum Gasteiger partial charge on any atom is 0.243 e. The number of allylic oxidation sites excluding steroid dienone is 2. The van der Waals surface area contributed by atoms with Crippen molar-refractivity contribution in [2.24, 2.45) is 17.8 Å². The van der Waals surface area contributed by atoms with Crippen LogP contribution < -0.4 is 5.32 Å². The molecule has 2 aromatic rings. The van der Waals surface area contributed by atoms with E-state index in [-0.39, 0.29) is 16.7 Å². The number of nitrogens with zero attached hydrogens (tertiary/aromatic N) is 2. The molecule has 1 saturated carbocycles. The van der Waals surface area contributed by atoms with Gasteiger partial charge in [0.05, 0.1) is 15.1 Å². The van der Waals surface area contributed by atoms with Crippen molar-refractivity contribution in [1.29, 1.82) is 0 Å². The fourth-order valence-electron chi connectivity index (χ4n) is 4.11. The van der Waals surface area contributed by atoms with Gasteiger partial charge in [0.25, 0.3) is 0 Å². The number of sulfonamides is 1. The molecule has 3 atom stereocenters. The first-order valence-electron chi connectivity index (χ1n) is 9.32. The van der Waals surface area contributed by atoms with Crippen LogP contribution in [0.15, 0.2) is 35.2 Å². The van der Waals surface area contributed by atoms with Crippen LogP contribution in [0.25, 0.3) is 10.2 Å². The summed E-state index contributed by atoms with van der Waals surface area (Å²) >= 11 is 1.32. The van der Waals surface area contributed by atoms with Crippen LogP contribution in [0.3, 0.4) is 0 Å². The molecule has 0 saturated heterocycles. The number of hydrogen-bond donors (Lipinski definition) is 1. The topological polar surface area (TPSA) is 79.4 Å². The standard InChI is InChI=1S/C19H23N3O3S2/c1-3-22(4-2)27(24,25)14-7-8-16-17(11-14)26-19(20-16)21-18(23)15-10-12-5-6-13(15)9-12/h5-8,11-13,15H,3-4,9-10H2,1-2H3,(H,20,21,23). The van der Waals surface area contributed by atoms with Gasteiger partial charge >= 0.3 is 0 Å². The number of nitrogens with one attached hydrogen (secondary N) is 1. The van der Waals surface area contributed by atoms with E-state index in [1.165, 1.54) is 15.6 Å². The molecule has 1 amide bonds. The van der Waals surface area contributed by atoms with Crippen molar-refractivity contribution in [2.75, 3.05) is 18.4 Å². The molecule has 144 valence electrons. The minimum atomic E-state index is -3.51. The predicted octanol–water partition coefficient (Wildman–Crippen LogP) is 3.48. The smallest absolute Gasteiger partial charge is 0.243 e. The van der Waals surface area contributed by atoms with Crippen LogP contribution in [0.4, 0.5) is 5.13 Å². The third-order valence-corrected chi connectivity index (χ3v) is 8.53. The van der Waals surface area contributed by atoms with E-state index in [9.17, 15) is 13.2 Å². The summed E-state index contributed by atoms with van der Waals surface area (Å²) in [6, 6.07) is 4.94. The molecule has 3 unspecified atom stereocenters. The number of carbonyl (C=O) groups is 1. The molecule has 2 bridgehead atoms. The molecular weight excluding hydrogens is 382 g/mol. The zero-order chi connectivity index (χ0) is 19.2. The number of fused-ring (bicyclic) bond motifs is 3. The van der Waals surface area contributed by atoms with Crippen LogP contribution in [-0.2, 0) is 14.8 Å². The van der Waals surface area contributed by atoms with E-state index in [0.29, 0.717) is 35.6 Å². The van der Waals surface area contributed by atoms with Crippen LogP contribution in [0, 0.1) is 17.8 Å². The molecule has 27 heavy (non-hydrogen) atoms. The van der Waals surface area contributed by atoms with Gasteiger partial charge in [-0.05, 0) is 42.9 Å². The summed E-state index contributed by atoms with van der Waals surface area (Å²) in [5.74, 6) is 0.914. The highest BCUT2D eigenvalue weighted by molar-refractivity contribution is 7.89. The van der Waals surface area contributed by atoms with E-state index in [1.807, 2.05) is 13.8 Å². The molecule has 1 heterocycles. The van der Waals surface area contributed by atoms with Crippen molar-refractivity contribution in [1.82, 2.24) is 9.29 Å². The van der Waals surface area contributed by atoms with Crippen LogP contribution in [0.1, 0.15) is 26.7 Å². The van der Waals surface area contributed by atoms with Gasteiger partial charge in [0.1, 0.15) is 0 Å². The van der Waals surface area contributed by atoms with Gasteiger partial charge in [-0.1, -0.05) is 37.3 Å². The van der Waals surface area contributed by atoms with E-state index >= 15 is 0 Å². The molecule has 6 nitrogen and oxygen atoms in total. The summed E-state index contributed by atoms with van der Waals surface area (Å²) in [4.78, 5) is 17.3. The Morgan fingerprint density at radius 1 is 1.26 bits per heavy atom. The van der Waals surface area contributed by atoms with Crippen molar-refractivity contribution in [2.45, 2.75) is 31.6 Å². The highest BCUT2D eigenvalue weighted by Gasteiger charge is 2.40. The number of thiazole rings is 1. The van der Waals surface area contributed by atoms with E-state index in [1.54, 1.807) is 18.2 Å². The highest BCUT2D eigenvalue weighted by atomic mass is 32.2. The van der Waals surface area contributed by atoms with Gasteiger partial charge in [-0.25, -0.2) is 13.4 Å². The van der Waals surface area contributed by atoms with Crippen molar-refractivity contribution >= 4 is 42.6 Å². The first-order chi connectivity index (χ1) is 12.9. The lowest BCUT2D eigenvalue weighted by molar-refractivity contribution is -0.120. The van der Waals surface area contributed by atoms with Crippen LogP contribution >= 0.6 is 11.3 Å². The monoisotopic (exact) mass is 405 g/mol. The van der Waals surface area contributed by atoms with Gasteiger partial charge in [0, 0.05) is 19.0 Å². The Labute approximate surface area is 163 Å². The normalized spacial score (nSPS) is 24.2. The Bertz CT molecular complexity index is 1010. The number of anilines is 1. The minimum Gasteiger partial charge on any atom is -0.302 e. The van der Waals surface area contributed by atoms with Crippen LogP contribution in [0.2, 0.25) is 0 Å². The van der Waals surface area contributed by atoms with Gasteiger partial charge in [0.15, 0.2) is 5.13 Å². The minimum absolute atomic E-state index is 0.0156. The van der Waals surface area contributed by atoms with E-state index < -0.39 is 10.0 Å². The second kappa shape index (κ2) is 7.00. The molecule has 4 rings (SSSR count). The fraction of sp³-hybridized carbons (Fsp3) is 0.474. The Balaban J connectivity index is 1.56. The lowest BCUT2D eigenvalue weighted by Gasteiger charge is -2.18. The molecule has 1 N–H and O–H groups in total. The van der Waals surface area contributed by atoms with Crippen molar-refractivity contribution in [3.05, 3.63) is 30.4 Å². The number of aromatic nitrogens is 1. The maximum atomic E-state index is 12.7. The van der Waals surface area contributed by atoms with E-state index in [0.717, 1.165) is 17.5 Å². The van der Waals surface area contributed by atoms with Gasteiger partial charge in [-0.3, -0.25) is 4.79 Å². The second-order valence-electron chi connectivity index (χ2n) is 7.11. The van der Waals surface area contributed by atoms with E-state index in [2.05, 4.69) is 22.5 Å². The zero-order valence-corrected chi connectivity index (χ0v) is 17.0. The molecule has 1 aromatic heterocycles. The van der Waals surface area contributed by atoms with Crippen molar-refractivity contribution < 1.29 is 13.2 Å². The molecule has 2 aliphatic rings. The molecule has 1 fully saturated rings. The zero-order valence-electron chi connectivity index (χ0n) is 15.4. The summed E-state index contributed by atoms with van der Waals surface area (Å²) in [7, 11) is -3.51.